The molecule has 0 spiro atoms. The molecule has 8 heteroatoms. The second kappa shape index (κ2) is 8.57. The Morgan fingerprint density at radius 1 is 1.33 bits per heavy atom. The Morgan fingerprint density at radius 2 is 2.17 bits per heavy atom. The molecule has 154 valence electrons. The lowest BCUT2D eigenvalue weighted by atomic mass is 10.1. The van der Waals surface area contributed by atoms with Gasteiger partial charge in [-0.25, -0.2) is 0 Å². The molecule has 3 heterocycles. The number of nitrogen functional groups attached to an aromatic ring is 1. The molecule has 1 atom stereocenters. The van der Waals surface area contributed by atoms with Gasteiger partial charge in [0.05, 0.1) is 5.52 Å². The monoisotopic (exact) mass is 484 g/mol. The highest BCUT2D eigenvalue weighted by molar-refractivity contribution is 9.10. The fourth-order valence-electron chi connectivity index (χ4n) is 3.59. The van der Waals surface area contributed by atoms with Crippen LogP contribution in [-0.4, -0.2) is 45.7 Å². The minimum Gasteiger partial charge on any atom is -0.398 e. The molecule has 1 aliphatic rings. The van der Waals surface area contributed by atoms with E-state index >= 15 is 0 Å². The average Bonchev–Trinajstić information content (AvgIpc) is 3.15. The summed E-state index contributed by atoms with van der Waals surface area (Å²) in [7, 11) is 0. The minimum absolute atomic E-state index is 0.0532. The third-order valence-electron chi connectivity index (χ3n) is 5.22. The molecule has 0 saturated carbocycles. The van der Waals surface area contributed by atoms with Gasteiger partial charge in [-0.3, -0.25) is 14.6 Å². The normalized spacial score (nSPS) is 17.3. The largest absolute Gasteiger partial charge is 0.398 e. The summed E-state index contributed by atoms with van der Waals surface area (Å²) in [6.45, 7) is 3.26. The van der Waals surface area contributed by atoms with E-state index in [2.05, 4.69) is 20.9 Å². The third kappa shape index (κ3) is 4.24. The van der Waals surface area contributed by atoms with Crippen molar-refractivity contribution < 1.29 is 9.59 Å². The lowest BCUT2D eigenvalue weighted by Crippen LogP contribution is -2.56. The fraction of sp³-hybridized carbons (Fsp3) is 0.227. The number of hydrogen-bond donors (Lipinski definition) is 1. The van der Waals surface area contributed by atoms with Gasteiger partial charge in [-0.1, -0.05) is 12.1 Å². The van der Waals surface area contributed by atoms with Gasteiger partial charge >= 0.3 is 0 Å². The second-order valence-electron chi connectivity index (χ2n) is 7.22. The van der Waals surface area contributed by atoms with E-state index in [-0.39, 0.29) is 11.8 Å². The van der Waals surface area contributed by atoms with Crippen LogP contribution >= 0.6 is 27.3 Å². The Balaban J connectivity index is 1.43. The van der Waals surface area contributed by atoms with Crippen molar-refractivity contribution >= 4 is 61.7 Å². The van der Waals surface area contributed by atoms with Gasteiger partial charge in [0.25, 0.3) is 0 Å². The van der Waals surface area contributed by atoms with Crippen LogP contribution in [0.1, 0.15) is 17.4 Å². The molecular formula is C22H21BrN4O2S. The number of rotatable bonds is 4. The van der Waals surface area contributed by atoms with E-state index in [1.165, 1.54) is 6.08 Å². The Bertz CT molecular complexity index is 1140. The van der Waals surface area contributed by atoms with E-state index < -0.39 is 6.04 Å². The molecule has 1 aromatic carbocycles. The number of anilines is 1. The Labute approximate surface area is 187 Å². The first kappa shape index (κ1) is 20.6. The number of pyridine rings is 1. The van der Waals surface area contributed by atoms with Gasteiger partial charge in [-0.15, -0.1) is 11.3 Å². The number of thiophene rings is 1. The number of nitrogens with zero attached hydrogens (tertiary/aromatic N) is 3. The quantitative estimate of drug-likeness (QED) is 0.569. The van der Waals surface area contributed by atoms with Crippen LogP contribution in [0.3, 0.4) is 0 Å². The molecule has 1 fully saturated rings. The van der Waals surface area contributed by atoms with Crippen molar-refractivity contribution in [1.82, 2.24) is 14.8 Å². The van der Waals surface area contributed by atoms with E-state index in [0.717, 1.165) is 25.8 Å². The van der Waals surface area contributed by atoms with Gasteiger partial charge in [0.2, 0.25) is 11.8 Å². The van der Waals surface area contributed by atoms with E-state index in [0.29, 0.717) is 25.3 Å². The van der Waals surface area contributed by atoms with Crippen molar-refractivity contribution in [3.05, 3.63) is 62.9 Å². The number of nitrogens with two attached hydrogens (primary N) is 1. The van der Waals surface area contributed by atoms with Crippen molar-refractivity contribution in [1.29, 1.82) is 0 Å². The topological polar surface area (TPSA) is 79.5 Å². The summed E-state index contributed by atoms with van der Waals surface area (Å²) in [6.07, 6.45) is 5.01. The van der Waals surface area contributed by atoms with Crippen molar-refractivity contribution in [2.45, 2.75) is 19.5 Å². The molecular weight excluding hydrogens is 464 g/mol. The van der Waals surface area contributed by atoms with Gasteiger partial charge in [-0.2, -0.15) is 0 Å². The Kier molecular flexibility index (Phi) is 5.87. The summed E-state index contributed by atoms with van der Waals surface area (Å²) in [5, 5.41) is 2.87. The summed E-state index contributed by atoms with van der Waals surface area (Å²) in [5.74, 6) is -0.201. The zero-order valence-electron chi connectivity index (χ0n) is 16.4. The standard InChI is InChI=1S/C22H21BrN4O2S/c1-14-22(29)26(12-15-2-4-18-19(24)6-7-25-20(18)10-15)8-9-27(14)21(28)5-3-17-11-16(23)13-30-17/h2-7,10-11,13-14H,8-9,12H2,1H3,(H2,24,25)/b5-3+. The fourth-order valence-corrected chi connectivity index (χ4v) is 4.92. The zero-order chi connectivity index (χ0) is 21.3. The molecule has 0 aliphatic carbocycles. The van der Waals surface area contributed by atoms with Crippen LogP contribution in [0.25, 0.3) is 17.0 Å². The summed E-state index contributed by atoms with van der Waals surface area (Å²) < 4.78 is 0.989. The van der Waals surface area contributed by atoms with Crippen molar-refractivity contribution in [2.75, 3.05) is 18.8 Å². The van der Waals surface area contributed by atoms with Crippen LogP contribution in [-0.2, 0) is 16.1 Å². The summed E-state index contributed by atoms with van der Waals surface area (Å²) in [5.41, 5.74) is 8.48. The average molecular weight is 485 g/mol. The van der Waals surface area contributed by atoms with Gasteiger partial charge in [0.1, 0.15) is 6.04 Å². The van der Waals surface area contributed by atoms with Gasteiger partial charge < -0.3 is 15.5 Å². The number of piperazine rings is 1. The SMILES string of the molecule is CC1C(=O)N(Cc2ccc3c(N)ccnc3c2)CCN1C(=O)/C=C/c1cc(Br)cs1. The van der Waals surface area contributed by atoms with Crippen LogP contribution in [0.15, 0.2) is 52.5 Å². The first-order chi connectivity index (χ1) is 14.4. The second-order valence-corrected chi connectivity index (χ2v) is 9.08. The Morgan fingerprint density at radius 3 is 2.93 bits per heavy atom. The smallest absolute Gasteiger partial charge is 0.247 e. The number of aromatic nitrogens is 1. The molecule has 0 radical (unpaired) electrons. The molecule has 30 heavy (non-hydrogen) atoms. The predicted molar refractivity (Wildman–Crippen MR) is 124 cm³/mol. The number of halogens is 1. The van der Waals surface area contributed by atoms with Gasteiger partial charge in [-0.05, 0) is 52.7 Å². The van der Waals surface area contributed by atoms with Crippen molar-refractivity contribution in [2.24, 2.45) is 0 Å². The van der Waals surface area contributed by atoms with Gasteiger partial charge in [0.15, 0.2) is 0 Å². The predicted octanol–water partition coefficient (Wildman–Crippen LogP) is 3.91. The summed E-state index contributed by atoms with van der Waals surface area (Å²) in [4.78, 5) is 34.3. The summed E-state index contributed by atoms with van der Waals surface area (Å²) >= 11 is 4.95. The number of hydrogen-bond acceptors (Lipinski definition) is 5. The van der Waals surface area contributed by atoms with E-state index in [1.54, 1.807) is 46.4 Å². The molecule has 2 amide bonds. The highest BCUT2D eigenvalue weighted by atomic mass is 79.9. The molecule has 1 unspecified atom stereocenters. The first-order valence-corrected chi connectivity index (χ1v) is 11.2. The van der Waals surface area contributed by atoms with Crippen molar-refractivity contribution in [3.8, 4) is 0 Å². The number of fused-ring (bicyclic) bond motifs is 1. The molecule has 6 nitrogen and oxygen atoms in total. The molecule has 4 rings (SSSR count). The maximum atomic E-state index is 12.9. The lowest BCUT2D eigenvalue weighted by molar-refractivity contribution is -0.148. The van der Waals surface area contributed by atoms with Crippen LogP contribution in [0.2, 0.25) is 0 Å². The third-order valence-corrected chi connectivity index (χ3v) is 6.88. The van der Waals surface area contributed by atoms with E-state index in [1.807, 2.05) is 29.6 Å². The number of carbonyl (C=O) groups excluding carboxylic acids is 2. The van der Waals surface area contributed by atoms with Crippen LogP contribution < -0.4 is 5.73 Å². The van der Waals surface area contributed by atoms with E-state index in [4.69, 9.17) is 5.73 Å². The number of benzene rings is 1. The maximum Gasteiger partial charge on any atom is 0.247 e. The highest BCUT2D eigenvalue weighted by Gasteiger charge is 2.33. The number of amides is 2. The van der Waals surface area contributed by atoms with Crippen LogP contribution in [0.4, 0.5) is 5.69 Å². The first-order valence-electron chi connectivity index (χ1n) is 9.57. The highest BCUT2D eigenvalue weighted by Crippen LogP contribution is 2.23. The molecule has 2 N–H and O–H groups in total. The van der Waals surface area contributed by atoms with E-state index in [9.17, 15) is 9.59 Å². The molecule has 1 saturated heterocycles. The van der Waals surface area contributed by atoms with Crippen molar-refractivity contribution in [3.63, 3.8) is 0 Å². The maximum absolute atomic E-state index is 12.9. The summed E-state index contributed by atoms with van der Waals surface area (Å²) in [6, 6.07) is 9.09. The minimum atomic E-state index is -0.500. The molecule has 0 bridgehead atoms. The van der Waals surface area contributed by atoms with Gasteiger partial charge in [0, 0.05) is 57.7 Å². The molecule has 2 aromatic heterocycles. The van der Waals surface area contributed by atoms with Crippen LogP contribution in [0.5, 0.6) is 0 Å². The van der Waals surface area contributed by atoms with Crippen LogP contribution in [0, 0.1) is 0 Å². The molecule has 3 aromatic rings. The Hall–Kier alpha value is -2.71. The zero-order valence-corrected chi connectivity index (χ0v) is 18.8. The molecule has 1 aliphatic heterocycles. The number of carbonyl (C=O) groups is 2. The lowest BCUT2D eigenvalue weighted by Gasteiger charge is -2.38.